The molecule has 1 saturated heterocycles. The monoisotopic (exact) mass is 292 g/mol. The Hall–Kier alpha value is -1.75. The number of nitrogens with zero attached hydrogens (tertiary/aromatic N) is 1. The minimum absolute atomic E-state index is 0.0496. The fourth-order valence-corrected chi connectivity index (χ4v) is 2.56. The second-order valence-electron chi connectivity index (χ2n) is 5.31. The number of rotatable bonds is 6. The molecule has 1 heterocycles. The maximum absolute atomic E-state index is 12.3. The van der Waals surface area contributed by atoms with Gasteiger partial charge in [-0.2, -0.15) is 0 Å². The number of hydrogen-bond donors (Lipinski definition) is 1. The van der Waals surface area contributed by atoms with Crippen LogP contribution in [0.5, 0.6) is 11.5 Å². The summed E-state index contributed by atoms with van der Waals surface area (Å²) in [5, 5.41) is 3.10. The van der Waals surface area contributed by atoms with Crippen LogP contribution in [0.15, 0.2) is 18.2 Å². The molecule has 0 saturated carbocycles. The van der Waals surface area contributed by atoms with E-state index in [1.807, 2.05) is 30.1 Å². The molecule has 0 bridgehead atoms. The van der Waals surface area contributed by atoms with E-state index >= 15 is 0 Å². The highest BCUT2D eigenvalue weighted by Crippen LogP contribution is 2.29. The fourth-order valence-electron chi connectivity index (χ4n) is 2.56. The quantitative estimate of drug-likeness (QED) is 0.869. The molecule has 0 radical (unpaired) electrons. The Morgan fingerprint density at radius 3 is 2.67 bits per heavy atom. The highest BCUT2D eigenvalue weighted by atomic mass is 16.5. The highest BCUT2D eigenvalue weighted by molar-refractivity contribution is 5.81. The number of hydrogen-bond acceptors (Lipinski definition) is 4. The molecule has 1 aliphatic rings. The first-order valence-corrected chi connectivity index (χ1v) is 7.42. The van der Waals surface area contributed by atoms with Crippen LogP contribution in [0.3, 0.4) is 0 Å². The van der Waals surface area contributed by atoms with Gasteiger partial charge in [0.1, 0.15) is 0 Å². The molecule has 1 N–H and O–H groups in total. The number of ether oxygens (including phenoxy) is 2. The smallest absolute Gasteiger partial charge is 0.263 e. The van der Waals surface area contributed by atoms with Crippen LogP contribution in [0.4, 0.5) is 0 Å². The van der Waals surface area contributed by atoms with E-state index in [4.69, 9.17) is 9.47 Å². The molecule has 2 rings (SSSR count). The van der Waals surface area contributed by atoms with Gasteiger partial charge in [0.25, 0.3) is 5.91 Å². The van der Waals surface area contributed by atoms with Crippen LogP contribution in [-0.2, 0) is 11.3 Å². The molecule has 1 aromatic carbocycles. The molecule has 1 amide bonds. The first-order chi connectivity index (χ1) is 10.2. The van der Waals surface area contributed by atoms with Crippen molar-refractivity contribution in [2.24, 2.45) is 0 Å². The van der Waals surface area contributed by atoms with Crippen molar-refractivity contribution in [1.29, 1.82) is 0 Å². The zero-order valence-corrected chi connectivity index (χ0v) is 13.0. The summed E-state index contributed by atoms with van der Waals surface area (Å²) >= 11 is 0. The molecule has 1 fully saturated rings. The van der Waals surface area contributed by atoms with E-state index in [2.05, 4.69) is 5.32 Å². The van der Waals surface area contributed by atoms with Gasteiger partial charge in [-0.3, -0.25) is 4.79 Å². The van der Waals surface area contributed by atoms with Crippen molar-refractivity contribution in [3.8, 4) is 11.5 Å². The van der Waals surface area contributed by atoms with Crippen LogP contribution in [0.25, 0.3) is 0 Å². The molecule has 0 aromatic heterocycles. The summed E-state index contributed by atoms with van der Waals surface area (Å²) in [6, 6.07) is 5.77. The average Bonchev–Trinajstić information content (AvgIpc) is 3.01. The van der Waals surface area contributed by atoms with Crippen LogP contribution in [0, 0.1) is 0 Å². The van der Waals surface area contributed by atoms with Gasteiger partial charge in [-0.1, -0.05) is 6.07 Å². The number of carbonyl (C=O) groups is 1. The van der Waals surface area contributed by atoms with Crippen molar-refractivity contribution in [3.63, 3.8) is 0 Å². The van der Waals surface area contributed by atoms with E-state index in [9.17, 15) is 4.79 Å². The standard InChI is InChI=1S/C16H24N2O3/c1-12(16(19)18-8-4-5-9-18)21-15-10-13(11-17-2)6-7-14(15)20-3/h6-7,10,12,17H,4-5,8-9,11H2,1-3H3. The normalized spacial score (nSPS) is 15.9. The average molecular weight is 292 g/mol. The molecule has 0 aliphatic carbocycles. The lowest BCUT2D eigenvalue weighted by atomic mass is 10.2. The maximum atomic E-state index is 12.3. The van der Waals surface area contributed by atoms with Crippen LogP contribution in [0.1, 0.15) is 25.3 Å². The lowest BCUT2D eigenvalue weighted by molar-refractivity contribution is -0.136. The van der Waals surface area contributed by atoms with Crippen molar-refractivity contribution in [2.75, 3.05) is 27.2 Å². The van der Waals surface area contributed by atoms with Gasteiger partial charge in [0.2, 0.25) is 0 Å². The first kappa shape index (κ1) is 15.6. The molecule has 1 atom stereocenters. The number of methoxy groups -OCH3 is 1. The largest absolute Gasteiger partial charge is 0.493 e. The van der Waals surface area contributed by atoms with E-state index < -0.39 is 6.10 Å². The Morgan fingerprint density at radius 2 is 2.05 bits per heavy atom. The van der Waals surface area contributed by atoms with Gasteiger partial charge < -0.3 is 19.7 Å². The molecule has 0 spiro atoms. The van der Waals surface area contributed by atoms with E-state index in [1.54, 1.807) is 14.0 Å². The third-order valence-electron chi connectivity index (χ3n) is 3.68. The number of benzene rings is 1. The van der Waals surface area contributed by atoms with Gasteiger partial charge in [-0.15, -0.1) is 0 Å². The predicted octanol–water partition coefficient (Wildman–Crippen LogP) is 1.80. The summed E-state index contributed by atoms with van der Waals surface area (Å²) in [6.07, 6.45) is 1.67. The van der Waals surface area contributed by atoms with Gasteiger partial charge in [-0.25, -0.2) is 0 Å². The summed E-state index contributed by atoms with van der Waals surface area (Å²) in [5.41, 5.74) is 1.09. The molecule has 116 valence electrons. The zero-order valence-electron chi connectivity index (χ0n) is 13.0. The van der Waals surface area contributed by atoms with Gasteiger partial charge in [0, 0.05) is 19.6 Å². The van der Waals surface area contributed by atoms with Gasteiger partial charge >= 0.3 is 0 Å². The van der Waals surface area contributed by atoms with E-state index in [0.717, 1.165) is 38.0 Å². The summed E-state index contributed by atoms with van der Waals surface area (Å²) in [4.78, 5) is 14.2. The lowest BCUT2D eigenvalue weighted by Gasteiger charge is -2.22. The van der Waals surface area contributed by atoms with Gasteiger partial charge in [0.05, 0.1) is 7.11 Å². The van der Waals surface area contributed by atoms with Crippen molar-refractivity contribution < 1.29 is 14.3 Å². The lowest BCUT2D eigenvalue weighted by Crippen LogP contribution is -2.38. The van der Waals surface area contributed by atoms with Crippen LogP contribution in [-0.4, -0.2) is 44.2 Å². The van der Waals surface area contributed by atoms with Crippen molar-refractivity contribution in [3.05, 3.63) is 23.8 Å². The molecule has 1 aromatic rings. The molecular weight excluding hydrogens is 268 g/mol. The zero-order chi connectivity index (χ0) is 15.2. The van der Waals surface area contributed by atoms with E-state index in [1.165, 1.54) is 0 Å². The summed E-state index contributed by atoms with van der Waals surface area (Å²) in [7, 11) is 3.50. The SMILES string of the molecule is CNCc1ccc(OC)c(OC(C)C(=O)N2CCCC2)c1. The Morgan fingerprint density at radius 1 is 1.33 bits per heavy atom. The third-order valence-corrected chi connectivity index (χ3v) is 3.68. The first-order valence-electron chi connectivity index (χ1n) is 7.42. The van der Waals surface area contributed by atoms with Crippen molar-refractivity contribution in [1.82, 2.24) is 10.2 Å². The molecular formula is C16H24N2O3. The Balaban J connectivity index is 2.09. The van der Waals surface area contributed by atoms with Crippen molar-refractivity contribution in [2.45, 2.75) is 32.4 Å². The summed E-state index contributed by atoms with van der Waals surface area (Å²) in [5.74, 6) is 1.31. The minimum atomic E-state index is -0.498. The fraction of sp³-hybridized carbons (Fsp3) is 0.562. The molecule has 5 nitrogen and oxygen atoms in total. The molecule has 21 heavy (non-hydrogen) atoms. The number of likely N-dealkylation sites (tertiary alicyclic amines) is 1. The van der Waals surface area contributed by atoms with Crippen LogP contribution < -0.4 is 14.8 Å². The molecule has 1 unspecified atom stereocenters. The van der Waals surface area contributed by atoms with Crippen LogP contribution in [0.2, 0.25) is 0 Å². The number of nitrogens with one attached hydrogen (secondary N) is 1. The van der Waals surface area contributed by atoms with Gasteiger partial charge in [0.15, 0.2) is 17.6 Å². The number of carbonyl (C=O) groups excluding carboxylic acids is 1. The summed E-state index contributed by atoms with van der Waals surface area (Å²) in [6.45, 7) is 4.21. The molecule has 5 heteroatoms. The molecule has 1 aliphatic heterocycles. The van der Waals surface area contributed by atoms with Crippen LogP contribution >= 0.6 is 0 Å². The second-order valence-corrected chi connectivity index (χ2v) is 5.31. The van der Waals surface area contributed by atoms with Gasteiger partial charge in [-0.05, 0) is 44.5 Å². The maximum Gasteiger partial charge on any atom is 0.263 e. The highest BCUT2D eigenvalue weighted by Gasteiger charge is 2.25. The topological polar surface area (TPSA) is 50.8 Å². The Labute approximate surface area is 126 Å². The predicted molar refractivity (Wildman–Crippen MR) is 81.7 cm³/mol. The number of amides is 1. The second kappa shape index (κ2) is 7.31. The Kier molecular flexibility index (Phi) is 5.44. The van der Waals surface area contributed by atoms with E-state index in [0.29, 0.717) is 11.5 Å². The summed E-state index contributed by atoms with van der Waals surface area (Å²) < 4.78 is 11.2. The third kappa shape index (κ3) is 3.88. The minimum Gasteiger partial charge on any atom is -0.493 e. The van der Waals surface area contributed by atoms with E-state index in [-0.39, 0.29) is 5.91 Å². The van der Waals surface area contributed by atoms with Crippen molar-refractivity contribution >= 4 is 5.91 Å². The Bertz CT molecular complexity index is 484.